The van der Waals surface area contributed by atoms with Crippen LogP contribution in [0.15, 0.2) is 30.1 Å². The minimum atomic E-state index is 0.806. The molecule has 2 heteroatoms. The Bertz CT molecular complexity index is 372. The molecule has 1 aromatic heterocycles. The zero-order chi connectivity index (χ0) is 13.3. The van der Waals surface area contributed by atoms with E-state index in [-0.39, 0.29) is 0 Å². The van der Waals surface area contributed by atoms with Gasteiger partial charge in [-0.05, 0) is 38.3 Å². The number of aromatic nitrogens is 2. The Kier molecular flexibility index (Phi) is 7.95. The van der Waals surface area contributed by atoms with Crippen LogP contribution in [0.5, 0.6) is 0 Å². The highest BCUT2D eigenvalue weighted by molar-refractivity contribution is 5.59. The van der Waals surface area contributed by atoms with Gasteiger partial charge in [0.05, 0.1) is 0 Å². The molecule has 94 valence electrons. The molecule has 17 heavy (non-hydrogen) atoms. The first-order valence-corrected chi connectivity index (χ1v) is 6.26. The van der Waals surface area contributed by atoms with Crippen molar-refractivity contribution in [1.82, 2.24) is 9.97 Å². The summed E-state index contributed by atoms with van der Waals surface area (Å²) in [5, 5.41) is 0. The predicted octanol–water partition coefficient (Wildman–Crippen LogP) is 4.57. The summed E-state index contributed by atoms with van der Waals surface area (Å²) in [5.41, 5.74) is 3.55. The van der Waals surface area contributed by atoms with E-state index < -0.39 is 0 Å². The molecule has 0 aliphatic heterocycles. The van der Waals surface area contributed by atoms with E-state index in [2.05, 4.69) is 36.0 Å². The van der Waals surface area contributed by atoms with Crippen LogP contribution in [-0.4, -0.2) is 9.97 Å². The van der Waals surface area contributed by atoms with Crippen molar-refractivity contribution < 1.29 is 0 Å². The van der Waals surface area contributed by atoms with Crippen molar-refractivity contribution in [2.45, 2.75) is 48.0 Å². The van der Waals surface area contributed by atoms with Crippen LogP contribution >= 0.6 is 0 Å². The molecule has 0 atom stereocenters. The molecule has 0 aromatic carbocycles. The van der Waals surface area contributed by atoms with Gasteiger partial charge in [0.25, 0.3) is 0 Å². The number of hydrogen-bond acceptors (Lipinski definition) is 2. The Morgan fingerprint density at radius 3 is 2.12 bits per heavy atom. The monoisotopic (exact) mass is 232 g/mol. The molecule has 0 N–H and O–H groups in total. The van der Waals surface area contributed by atoms with Crippen LogP contribution in [0.3, 0.4) is 0 Å². The third kappa shape index (κ3) is 6.00. The van der Waals surface area contributed by atoms with Crippen LogP contribution in [-0.2, 0) is 0 Å². The fraction of sp³-hybridized carbons (Fsp3) is 0.467. The second kappa shape index (κ2) is 8.68. The molecule has 0 unspecified atom stereocenters. The van der Waals surface area contributed by atoms with E-state index in [1.807, 2.05) is 40.1 Å². The van der Waals surface area contributed by atoms with Crippen LogP contribution in [0, 0.1) is 6.92 Å². The van der Waals surface area contributed by atoms with Crippen molar-refractivity contribution in [3.63, 3.8) is 0 Å². The van der Waals surface area contributed by atoms with Gasteiger partial charge < -0.3 is 0 Å². The second-order valence-electron chi connectivity index (χ2n) is 3.80. The van der Waals surface area contributed by atoms with E-state index in [4.69, 9.17) is 0 Å². The lowest BCUT2D eigenvalue weighted by Crippen LogP contribution is -1.91. The quantitative estimate of drug-likeness (QED) is 0.713. The van der Waals surface area contributed by atoms with E-state index in [0.29, 0.717) is 0 Å². The number of rotatable bonds is 3. The summed E-state index contributed by atoms with van der Waals surface area (Å²) >= 11 is 0. The van der Waals surface area contributed by atoms with Crippen molar-refractivity contribution in [3.8, 4) is 0 Å². The molecule has 0 bridgehead atoms. The average molecular weight is 232 g/mol. The summed E-state index contributed by atoms with van der Waals surface area (Å²) in [6.45, 7) is 12.3. The molecule has 0 fully saturated rings. The zero-order valence-corrected chi connectivity index (χ0v) is 11.9. The summed E-state index contributed by atoms with van der Waals surface area (Å²) in [6, 6.07) is 0. The largest absolute Gasteiger partial charge is 0.237 e. The zero-order valence-electron chi connectivity index (χ0n) is 11.9. The molecule has 0 saturated heterocycles. The summed E-state index contributed by atoms with van der Waals surface area (Å²) in [7, 11) is 0. The first kappa shape index (κ1) is 15.6. The van der Waals surface area contributed by atoms with E-state index in [9.17, 15) is 0 Å². The summed E-state index contributed by atoms with van der Waals surface area (Å²) in [4.78, 5) is 8.55. The van der Waals surface area contributed by atoms with E-state index in [1.54, 1.807) is 0 Å². The molecular weight excluding hydrogens is 208 g/mol. The van der Waals surface area contributed by atoms with E-state index in [1.165, 1.54) is 5.57 Å². The lowest BCUT2D eigenvalue weighted by Gasteiger charge is -1.99. The van der Waals surface area contributed by atoms with Gasteiger partial charge in [-0.1, -0.05) is 38.5 Å². The Balaban J connectivity index is 0.00000121. The van der Waals surface area contributed by atoms with Gasteiger partial charge in [0.2, 0.25) is 0 Å². The van der Waals surface area contributed by atoms with Crippen molar-refractivity contribution in [3.05, 3.63) is 41.5 Å². The van der Waals surface area contributed by atoms with Crippen LogP contribution in [0.4, 0.5) is 0 Å². The van der Waals surface area contributed by atoms with Crippen LogP contribution in [0.2, 0.25) is 0 Å². The van der Waals surface area contributed by atoms with E-state index in [0.717, 1.165) is 23.4 Å². The number of hydrogen-bond donors (Lipinski definition) is 0. The van der Waals surface area contributed by atoms with Crippen molar-refractivity contribution in [2.75, 3.05) is 0 Å². The maximum atomic E-state index is 4.27. The smallest absolute Gasteiger partial charge is 0.154 e. The van der Waals surface area contributed by atoms with Crippen molar-refractivity contribution in [2.24, 2.45) is 0 Å². The molecule has 0 saturated carbocycles. The van der Waals surface area contributed by atoms with Crippen LogP contribution in [0.1, 0.15) is 52.4 Å². The standard InChI is InChI=1S/C13H18N2.C2H6/c1-5-10(2)6-7-12(4)13-14-8-11(3)9-15-13;1-2/h6-9H,5H2,1-4H3;1-2H3/b10-6-,12-7+;. The number of aryl methyl sites for hydroxylation is 1. The molecular formula is C15H24N2. The summed E-state index contributed by atoms with van der Waals surface area (Å²) in [5.74, 6) is 0.806. The molecule has 0 spiro atoms. The second-order valence-corrected chi connectivity index (χ2v) is 3.80. The molecule has 0 aliphatic carbocycles. The Morgan fingerprint density at radius 2 is 1.65 bits per heavy atom. The third-order valence-corrected chi connectivity index (χ3v) is 2.31. The maximum Gasteiger partial charge on any atom is 0.154 e. The number of nitrogens with zero attached hydrogens (tertiary/aromatic N) is 2. The Labute approximate surface area is 106 Å². The van der Waals surface area contributed by atoms with Gasteiger partial charge in [0, 0.05) is 12.4 Å². The number of allylic oxidation sites excluding steroid dienone is 4. The van der Waals surface area contributed by atoms with Gasteiger partial charge in [0.15, 0.2) is 5.82 Å². The van der Waals surface area contributed by atoms with Gasteiger partial charge in [-0.25, -0.2) is 9.97 Å². The summed E-state index contributed by atoms with van der Waals surface area (Å²) < 4.78 is 0. The first-order valence-electron chi connectivity index (χ1n) is 6.26. The molecule has 0 radical (unpaired) electrons. The topological polar surface area (TPSA) is 25.8 Å². The minimum absolute atomic E-state index is 0.806. The molecule has 0 amide bonds. The lowest BCUT2D eigenvalue weighted by atomic mass is 10.2. The van der Waals surface area contributed by atoms with Crippen LogP contribution < -0.4 is 0 Å². The summed E-state index contributed by atoms with van der Waals surface area (Å²) in [6.07, 6.45) is 8.96. The molecule has 1 heterocycles. The van der Waals surface area contributed by atoms with Crippen molar-refractivity contribution >= 4 is 5.57 Å². The Morgan fingerprint density at radius 1 is 1.12 bits per heavy atom. The highest BCUT2D eigenvalue weighted by Crippen LogP contribution is 2.09. The molecule has 2 nitrogen and oxygen atoms in total. The average Bonchev–Trinajstić information content (AvgIpc) is 2.38. The van der Waals surface area contributed by atoms with Gasteiger partial charge in [0.1, 0.15) is 0 Å². The highest BCUT2D eigenvalue weighted by Gasteiger charge is 1.96. The van der Waals surface area contributed by atoms with E-state index >= 15 is 0 Å². The predicted molar refractivity (Wildman–Crippen MR) is 75.8 cm³/mol. The van der Waals surface area contributed by atoms with Gasteiger partial charge in [-0.2, -0.15) is 0 Å². The minimum Gasteiger partial charge on any atom is -0.237 e. The van der Waals surface area contributed by atoms with Gasteiger partial charge >= 0.3 is 0 Å². The Hall–Kier alpha value is -1.44. The van der Waals surface area contributed by atoms with Gasteiger partial charge in [-0.15, -0.1) is 0 Å². The van der Waals surface area contributed by atoms with Crippen LogP contribution in [0.25, 0.3) is 5.57 Å². The lowest BCUT2D eigenvalue weighted by molar-refractivity contribution is 1.08. The maximum absolute atomic E-state index is 4.27. The fourth-order valence-electron chi connectivity index (χ4n) is 1.06. The SMILES string of the molecule is CC.CC/C(C)=C\C=C(/C)c1ncc(C)cn1. The molecule has 0 aliphatic rings. The van der Waals surface area contributed by atoms with Gasteiger partial charge in [-0.3, -0.25) is 0 Å². The first-order chi connectivity index (χ1) is 8.13. The molecule has 1 rings (SSSR count). The fourth-order valence-corrected chi connectivity index (χ4v) is 1.06. The highest BCUT2D eigenvalue weighted by atomic mass is 14.9. The normalized spacial score (nSPS) is 11.9. The van der Waals surface area contributed by atoms with Crippen molar-refractivity contribution in [1.29, 1.82) is 0 Å². The molecule has 1 aromatic rings. The third-order valence-electron chi connectivity index (χ3n) is 2.31.